The third kappa shape index (κ3) is 6.04. The highest BCUT2D eigenvalue weighted by Crippen LogP contribution is 2.46. The van der Waals surface area contributed by atoms with E-state index in [9.17, 15) is 19.5 Å². The molecule has 0 bridgehead atoms. The smallest absolute Gasteiger partial charge is 0.354 e. The number of hydrogen-bond donors (Lipinski definition) is 2. The number of carbonyl (C=O) groups is 1. The molecule has 3 aromatic rings. The number of anilines is 2. The third-order valence-corrected chi connectivity index (χ3v) is 7.09. The van der Waals surface area contributed by atoms with Crippen molar-refractivity contribution in [3.05, 3.63) is 92.9 Å². The number of aromatic nitrogens is 4. The molecule has 0 spiro atoms. The number of methoxy groups -OCH3 is 1. The molecule has 11 nitrogen and oxygen atoms in total. The Morgan fingerprint density at radius 2 is 1.93 bits per heavy atom. The van der Waals surface area contributed by atoms with Gasteiger partial charge >= 0.3 is 17.3 Å². The van der Waals surface area contributed by atoms with E-state index in [0.717, 1.165) is 22.1 Å². The maximum absolute atomic E-state index is 13.6. The number of pyridine rings is 1. The number of nitrogens with zero attached hydrogens (tertiary/aromatic N) is 4. The van der Waals surface area contributed by atoms with Gasteiger partial charge in [-0.3, -0.25) is 9.36 Å². The molecule has 0 amide bonds. The first-order valence-electron chi connectivity index (χ1n) is 13.1. The Labute approximate surface area is 230 Å². The van der Waals surface area contributed by atoms with Gasteiger partial charge in [0.15, 0.2) is 0 Å². The summed E-state index contributed by atoms with van der Waals surface area (Å²) >= 11 is 0. The molecule has 40 heavy (non-hydrogen) atoms. The van der Waals surface area contributed by atoms with Crippen LogP contribution in [0.4, 0.5) is 11.6 Å². The van der Waals surface area contributed by atoms with Gasteiger partial charge in [-0.1, -0.05) is 25.2 Å². The van der Waals surface area contributed by atoms with Gasteiger partial charge in [-0.15, -0.1) is 0 Å². The van der Waals surface area contributed by atoms with Crippen LogP contribution in [-0.2, 0) is 29.2 Å². The maximum Gasteiger partial charge on any atom is 0.354 e. The van der Waals surface area contributed by atoms with Gasteiger partial charge in [0.05, 0.1) is 18.6 Å². The first-order chi connectivity index (χ1) is 19.3. The van der Waals surface area contributed by atoms with E-state index in [1.54, 1.807) is 43.6 Å². The molecule has 0 aliphatic heterocycles. The fourth-order valence-corrected chi connectivity index (χ4v) is 4.45. The Hall–Kier alpha value is -4.51. The molecule has 0 radical (unpaired) electrons. The largest absolute Gasteiger partial charge is 0.481 e. The molecule has 2 aliphatic rings. The normalized spacial score (nSPS) is 17.2. The van der Waals surface area contributed by atoms with Gasteiger partial charge in [0, 0.05) is 31.6 Å². The second kappa shape index (κ2) is 11.3. The third-order valence-electron chi connectivity index (χ3n) is 7.09. The monoisotopic (exact) mass is 545 g/mol. The van der Waals surface area contributed by atoms with Crippen LogP contribution in [0.1, 0.15) is 31.7 Å². The lowest BCUT2D eigenvalue weighted by Crippen LogP contribution is -2.45. The fourth-order valence-electron chi connectivity index (χ4n) is 4.45. The predicted molar refractivity (Wildman–Crippen MR) is 148 cm³/mol. The summed E-state index contributed by atoms with van der Waals surface area (Å²) in [5.74, 6) is 0.437. The zero-order valence-electron chi connectivity index (χ0n) is 22.4. The number of rotatable bonds is 11. The predicted octanol–water partition coefficient (Wildman–Crippen LogP) is 3.87. The molecule has 1 aromatic carbocycles. The number of aliphatic carboxylic acids is 1. The van der Waals surface area contributed by atoms with Crippen molar-refractivity contribution in [3.8, 4) is 11.6 Å². The Morgan fingerprint density at radius 1 is 1.15 bits per heavy atom. The van der Waals surface area contributed by atoms with E-state index in [1.165, 1.54) is 4.57 Å². The Kier molecular flexibility index (Phi) is 7.65. The fraction of sp³-hybridized carbons (Fsp3) is 0.345. The summed E-state index contributed by atoms with van der Waals surface area (Å²) in [7, 11) is 1.62. The zero-order chi connectivity index (χ0) is 28.3. The van der Waals surface area contributed by atoms with Crippen molar-refractivity contribution in [1.82, 2.24) is 19.1 Å². The van der Waals surface area contributed by atoms with Gasteiger partial charge in [0.2, 0.25) is 11.8 Å². The van der Waals surface area contributed by atoms with E-state index < -0.39 is 22.8 Å². The quantitative estimate of drug-likeness (QED) is 0.368. The molecule has 11 heteroatoms. The summed E-state index contributed by atoms with van der Waals surface area (Å²) in [6, 6.07) is 10.6. The van der Waals surface area contributed by atoms with Crippen LogP contribution in [-0.4, -0.2) is 37.3 Å². The van der Waals surface area contributed by atoms with E-state index >= 15 is 0 Å². The highest BCUT2D eigenvalue weighted by Gasteiger charge is 2.51. The van der Waals surface area contributed by atoms with Crippen molar-refractivity contribution in [1.29, 1.82) is 0 Å². The summed E-state index contributed by atoms with van der Waals surface area (Å²) in [6.45, 7) is 2.55. The summed E-state index contributed by atoms with van der Waals surface area (Å²) in [4.78, 5) is 46.7. The van der Waals surface area contributed by atoms with Crippen LogP contribution in [0.5, 0.6) is 11.6 Å². The van der Waals surface area contributed by atoms with Gasteiger partial charge in [0.1, 0.15) is 5.75 Å². The van der Waals surface area contributed by atoms with Crippen LogP contribution >= 0.6 is 0 Å². The number of nitrogens with one attached hydrogen (secondary N) is 1. The average molecular weight is 546 g/mol. The highest BCUT2D eigenvalue weighted by molar-refractivity contribution is 5.77. The molecule has 1 unspecified atom stereocenters. The summed E-state index contributed by atoms with van der Waals surface area (Å²) in [5.41, 5.74) is -0.0703. The van der Waals surface area contributed by atoms with Crippen LogP contribution in [0.15, 0.2) is 76.0 Å². The lowest BCUT2D eigenvalue weighted by atomic mass is 9.98. The minimum atomic E-state index is -1.09. The maximum atomic E-state index is 13.6. The van der Waals surface area contributed by atoms with Gasteiger partial charge < -0.3 is 19.9 Å². The van der Waals surface area contributed by atoms with E-state index in [1.807, 2.05) is 12.1 Å². The number of carboxylic acid groups (broad SMARTS) is 1. The van der Waals surface area contributed by atoms with Gasteiger partial charge in [-0.25, -0.2) is 19.1 Å². The number of ether oxygens (including phenoxy) is 2. The Morgan fingerprint density at radius 3 is 2.52 bits per heavy atom. The second-order valence-corrected chi connectivity index (χ2v) is 10.3. The Bertz CT molecular complexity index is 1570. The molecule has 2 aromatic heterocycles. The van der Waals surface area contributed by atoms with Gasteiger partial charge in [0.25, 0.3) is 0 Å². The molecule has 1 atom stereocenters. The lowest BCUT2D eigenvalue weighted by molar-refractivity contribution is -0.144. The first kappa shape index (κ1) is 27.1. The summed E-state index contributed by atoms with van der Waals surface area (Å²) < 4.78 is 13.2. The average Bonchev–Trinajstić information content (AvgIpc) is 3.73. The lowest BCUT2D eigenvalue weighted by Gasteiger charge is -2.19. The van der Waals surface area contributed by atoms with E-state index in [-0.39, 0.29) is 19.0 Å². The molecule has 2 aliphatic carbocycles. The van der Waals surface area contributed by atoms with Crippen molar-refractivity contribution in [2.45, 2.75) is 45.9 Å². The molecule has 0 saturated heterocycles. The summed E-state index contributed by atoms with van der Waals surface area (Å²) in [6.07, 6.45) is 9.44. The molecule has 2 heterocycles. The number of allylic oxidation sites excluding steroid dienone is 4. The van der Waals surface area contributed by atoms with Crippen molar-refractivity contribution >= 4 is 17.6 Å². The summed E-state index contributed by atoms with van der Waals surface area (Å²) in [5, 5.41) is 12.7. The number of carboxylic acids is 1. The zero-order valence-corrected chi connectivity index (χ0v) is 22.4. The number of hydrogen-bond acceptors (Lipinski definition) is 8. The van der Waals surface area contributed by atoms with E-state index in [2.05, 4.69) is 34.4 Å². The minimum absolute atomic E-state index is 0.0726. The highest BCUT2D eigenvalue weighted by atomic mass is 16.5. The molecule has 1 saturated carbocycles. The SMILES string of the molecule is COCc1ccc(Oc2ccc(Nc3nc(=O)n(CC4(C(=O)O)CC4)c(=O)n3CC3=CCC(C)C=C3)cc2)nc1. The van der Waals surface area contributed by atoms with Crippen LogP contribution in [0.25, 0.3) is 0 Å². The van der Waals surface area contributed by atoms with Crippen LogP contribution in [0.3, 0.4) is 0 Å². The molecule has 5 rings (SSSR count). The molecule has 2 N–H and O–H groups in total. The van der Waals surface area contributed by atoms with Crippen LogP contribution < -0.4 is 21.4 Å². The van der Waals surface area contributed by atoms with E-state index in [4.69, 9.17) is 9.47 Å². The molecular formula is C29H31N5O6. The standard InChI is InChI=1S/C29H31N5O6/c1-19-3-5-20(6-4-19)16-33-26(32-27(37)34(28(33)38)18-29(13-14-29)25(35)36)31-22-8-10-23(11-9-22)40-24-12-7-21(15-30-24)17-39-2/h3,5-12,15,19H,4,13-14,16-18H2,1-2H3,(H,35,36)(H,31,32,37). The van der Waals surface area contributed by atoms with Gasteiger partial charge in [-0.05, 0) is 66.6 Å². The van der Waals surface area contributed by atoms with Crippen molar-refractivity contribution in [2.24, 2.45) is 11.3 Å². The first-order valence-corrected chi connectivity index (χ1v) is 13.1. The molecular weight excluding hydrogens is 514 g/mol. The Balaban J connectivity index is 1.40. The molecule has 208 valence electrons. The van der Waals surface area contributed by atoms with Crippen LogP contribution in [0, 0.1) is 11.3 Å². The van der Waals surface area contributed by atoms with Crippen molar-refractivity contribution in [3.63, 3.8) is 0 Å². The van der Waals surface area contributed by atoms with Gasteiger partial charge in [-0.2, -0.15) is 4.98 Å². The van der Waals surface area contributed by atoms with Crippen molar-refractivity contribution in [2.75, 3.05) is 12.4 Å². The second-order valence-electron chi connectivity index (χ2n) is 10.3. The number of benzene rings is 1. The van der Waals surface area contributed by atoms with Crippen LogP contribution in [0.2, 0.25) is 0 Å². The van der Waals surface area contributed by atoms with Crippen molar-refractivity contribution < 1.29 is 19.4 Å². The van der Waals surface area contributed by atoms with E-state index in [0.29, 0.717) is 42.7 Å². The minimum Gasteiger partial charge on any atom is -0.481 e. The topological polar surface area (TPSA) is 138 Å². The molecule has 1 fully saturated rings.